The summed E-state index contributed by atoms with van der Waals surface area (Å²) in [4.78, 5) is 13.1. The van der Waals surface area contributed by atoms with Gasteiger partial charge >= 0.3 is 5.97 Å². The van der Waals surface area contributed by atoms with Gasteiger partial charge in [0.1, 0.15) is 42.2 Å². The molecule has 0 radical (unpaired) electrons. The van der Waals surface area contributed by atoms with Gasteiger partial charge in [-0.05, 0) is 58.4 Å². The summed E-state index contributed by atoms with van der Waals surface area (Å²) < 4.78 is 28.8. The Bertz CT molecular complexity index is 1380. The third-order valence-electron chi connectivity index (χ3n) is 10.6. The van der Waals surface area contributed by atoms with Crippen LogP contribution in [0.3, 0.4) is 0 Å². The zero-order valence-corrected chi connectivity index (χ0v) is 34.8. The molecule has 0 aromatic carbocycles. The van der Waals surface area contributed by atoms with E-state index >= 15 is 0 Å². The average molecular weight is 791 g/mol. The van der Waals surface area contributed by atoms with Crippen molar-refractivity contribution in [2.24, 2.45) is 11.8 Å². The number of hydrogen-bond donors (Lipinski definition) is 6. The number of rotatable bonds is 9. The second-order valence-corrected chi connectivity index (χ2v) is 15.3. The molecule has 1 saturated heterocycles. The van der Waals surface area contributed by atoms with Gasteiger partial charge in [-0.1, -0.05) is 106 Å². The molecule has 14 atom stereocenters. The number of methoxy groups -OCH3 is 3. The van der Waals surface area contributed by atoms with Gasteiger partial charge in [0.25, 0.3) is 0 Å². The Hall–Kier alpha value is -2.75. The molecular formula is C44H70O12. The van der Waals surface area contributed by atoms with E-state index < -0.39 is 84.6 Å². The lowest BCUT2D eigenvalue weighted by Crippen LogP contribution is -2.50. The monoisotopic (exact) mass is 790 g/mol. The third-order valence-corrected chi connectivity index (χ3v) is 10.6. The van der Waals surface area contributed by atoms with Crippen LogP contribution in [0.25, 0.3) is 0 Å². The van der Waals surface area contributed by atoms with E-state index in [1.807, 2.05) is 26.8 Å². The maximum absolute atomic E-state index is 13.1. The lowest BCUT2D eigenvalue weighted by atomic mass is 9.88. The first-order valence-corrected chi connectivity index (χ1v) is 19.8. The molecule has 0 spiro atoms. The topological polar surface area (TPSA) is 185 Å². The second-order valence-electron chi connectivity index (χ2n) is 15.3. The SMILES string of the molecule is CCC[C@@H]1O[C@@](C)([C@@H](O)C/C=C/[C@@H]2OC(=O)C=C/C=C/[C@@H](O)[C@H](O)/C=C/C(C)=C/C(C)CCC[C@@H](OC)[C@H](O)/C=C/C(C)=C/[C@@H](C)[C@H](O)[C@H]2OC)[C@H](O)[C@@H]1OC. The van der Waals surface area contributed by atoms with Gasteiger partial charge in [0.15, 0.2) is 0 Å². The molecule has 2 aliphatic heterocycles. The number of allylic oxidation sites excluding steroid dienone is 7. The van der Waals surface area contributed by atoms with Crippen LogP contribution in [0, 0.1) is 11.8 Å². The molecule has 1 fully saturated rings. The van der Waals surface area contributed by atoms with E-state index in [0.29, 0.717) is 12.8 Å². The summed E-state index contributed by atoms with van der Waals surface area (Å²) in [6, 6.07) is 0. The van der Waals surface area contributed by atoms with Gasteiger partial charge in [0.2, 0.25) is 0 Å². The van der Waals surface area contributed by atoms with Gasteiger partial charge in [-0.3, -0.25) is 0 Å². The summed E-state index contributed by atoms with van der Waals surface area (Å²) in [6.07, 6.45) is 12.4. The molecule has 12 heteroatoms. The lowest BCUT2D eigenvalue weighted by Gasteiger charge is -2.33. The molecule has 0 amide bonds. The number of esters is 1. The molecule has 2 aliphatic rings. The van der Waals surface area contributed by atoms with Crippen molar-refractivity contribution in [1.29, 1.82) is 0 Å². The third kappa shape index (κ3) is 15.2. The zero-order chi connectivity index (χ0) is 42.0. The van der Waals surface area contributed by atoms with Crippen molar-refractivity contribution in [3.8, 4) is 0 Å². The van der Waals surface area contributed by atoms with E-state index in [-0.39, 0.29) is 12.3 Å². The van der Waals surface area contributed by atoms with Gasteiger partial charge in [-0.2, -0.15) is 0 Å². The summed E-state index contributed by atoms with van der Waals surface area (Å²) in [5.74, 6) is -1.04. The Morgan fingerprint density at radius 2 is 1.48 bits per heavy atom. The van der Waals surface area contributed by atoms with Crippen LogP contribution in [0.15, 0.2) is 84.1 Å². The highest BCUT2D eigenvalue weighted by Crippen LogP contribution is 2.38. The Morgan fingerprint density at radius 1 is 0.857 bits per heavy atom. The smallest absolute Gasteiger partial charge is 0.331 e. The van der Waals surface area contributed by atoms with Crippen molar-refractivity contribution >= 4 is 5.97 Å². The fourth-order valence-electron chi connectivity index (χ4n) is 7.18. The molecule has 2 heterocycles. The van der Waals surface area contributed by atoms with Crippen LogP contribution in [-0.4, -0.2) is 131 Å². The summed E-state index contributed by atoms with van der Waals surface area (Å²) >= 11 is 0. The number of cyclic esters (lactones) is 1. The van der Waals surface area contributed by atoms with Crippen molar-refractivity contribution in [1.82, 2.24) is 0 Å². The van der Waals surface area contributed by atoms with E-state index in [1.54, 1.807) is 45.3 Å². The normalized spacial score (nSPS) is 40.6. The first-order chi connectivity index (χ1) is 26.5. The highest BCUT2D eigenvalue weighted by Gasteiger charge is 2.55. The van der Waals surface area contributed by atoms with Gasteiger partial charge in [-0.15, -0.1) is 0 Å². The van der Waals surface area contributed by atoms with Crippen LogP contribution in [0.1, 0.15) is 80.1 Å². The second kappa shape index (κ2) is 24.9. The maximum atomic E-state index is 13.1. The van der Waals surface area contributed by atoms with Crippen molar-refractivity contribution in [3.05, 3.63) is 84.1 Å². The number of aliphatic hydroxyl groups excluding tert-OH is 6. The summed E-state index contributed by atoms with van der Waals surface area (Å²) in [5, 5.41) is 65.7. The molecule has 1 unspecified atom stereocenters. The first kappa shape index (κ1) is 49.4. The van der Waals surface area contributed by atoms with Crippen molar-refractivity contribution < 1.29 is 59.1 Å². The van der Waals surface area contributed by atoms with E-state index in [2.05, 4.69) is 13.0 Å². The number of carbonyl (C=O) groups is 1. The molecule has 0 bridgehead atoms. The fraction of sp³-hybridized carbons (Fsp3) is 0.659. The molecule has 2 rings (SSSR count). The van der Waals surface area contributed by atoms with Crippen molar-refractivity contribution in [3.63, 3.8) is 0 Å². The maximum Gasteiger partial charge on any atom is 0.331 e. The van der Waals surface area contributed by atoms with E-state index in [0.717, 1.165) is 36.5 Å². The number of aliphatic hydroxyl groups is 6. The van der Waals surface area contributed by atoms with Crippen LogP contribution in [0.5, 0.6) is 0 Å². The largest absolute Gasteiger partial charge is 0.452 e. The van der Waals surface area contributed by atoms with Gasteiger partial charge in [0, 0.05) is 33.3 Å². The molecule has 0 saturated carbocycles. The number of carbonyl (C=O) groups excluding carboxylic acids is 1. The highest BCUT2D eigenvalue weighted by atomic mass is 16.6. The molecule has 318 valence electrons. The Labute approximate surface area is 334 Å². The van der Waals surface area contributed by atoms with Gasteiger partial charge in [0.05, 0.1) is 30.5 Å². The predicted octanol–water partition coefficient (Wildman–Crippen LogP) is 4.59. The minimum absolute atomic E-state index is 0.00908. The number of hydrogen-bond acceptors (Lipinski definition) is 12. The van der Waals surface area contributed by atoms with E-state index in [9.17, 15) is 35.4 Å². The van der Waals surface area contributed by atoms with Gasteiger partial charge in [-0.25, -0.2) is 4.79 Å². The van der Waals surface area contributed by atoms with Crippen LogP contribution < -0.4 is 0 Å². The molecule has 0 aromatic heterocycles. The minimum Gasteiger partial charge on any atom is -0.452 e. The standard InChI is InChI=1S/C44H70O12/c1-10-15-37-42(54-9)43(51)44(6,56-37)38(48)20-14-19-36-41(53-8)40(50)31(5)27-30(4)23-25-34(47)35(52-7)18-13-16-28(2)26-29(3)22-24-33(46)32(45)17-11-12-21-39(49)55-36/h11-12,14,17,19,21-28,31-38,40-43,45-48,50-51H,10,13,15-16,18,20H2,1-9H3/b17-11+,19-14+,21-12?,24-22+,25-23+,29-26+,30-27+/t28?,31-,32-,33-,34-,35-,36+,37+,38+,40+,41+,42-,43-,44+/m1/s1. The minimum atomic E-state index is -1.33. The fourth-order valence-corrected chi connectivity index (χ4v) is 7.18. The molecule has 0 aromatic rings. The molecule has 0 aliphatic carbocycles. The summed E-state index contributed by atoms with van der Waals surface area (Å²) in [6.45, 7) is 11.3. The molecule has 12 nitrogen and oxygen atoms in total. The summed E-state index contributed by atoms with van der Waals surface area (Å²) in [5.41, 5.74) is 0.374. The number of ether oxygens (including phenoxy) is 5. The zero-order valence-electron chi connectivity index (χ0n) is 34.8. The van der Waals surface area contributed by atoms with Gasteiger partial charge < -0.3 is 54.3 Å². The van der Waals surface area contributed by atoms with Crippen LogP contribution in [-0.2, 0) is 28.5 Å². The predicted molar refractivity (Wildman–Crippen MR) is 217 cm³/mol. The Morgan fingerprint density at radius 3 is 2.11 bits per heavy atom. The molecule has 6 N–H and O–H groups in total. The van der Waals surface area contributed by atoms with Crippen LogP contribution in [0.2, 0.25) is 0 Å². The Balaban J connectivity index is 2.44. The van der Waals surface area contributed by atoms with Crippen LogP contribution >= 0.6 is 0 Å². The van der Waals surface area contributed by atoms with Crippen molar-refractivity contribution in [2.45, 2.75) is 153 Å². The molecular weight excluding hydrogens is 720 g/mol. The van der Waals surface area contributed by atoms with Crippen molar-refractivity contribution in [2.75, 3.05) is 21.3 Å². The molecule has 56 heavy (non-hydrogen) atoms. The van der Waals surface area contributed by atoms with E-state index in [4.69, 9.17) is 23.7 Å². The summed E-state index contributed by atoms with van der Waals surface area (Å²) in [7, 11) is 4.46. The highest BCUT2D eigenvalue weighted by molar-refractivity contribution is 5.82. The lowest BCUT2D eigenvalue weighted by molar-refractivity contribution is -0.153. The first-order valence-electron chi connectivity index (χ1n) is 19.8. The average Bonchev–Trinajstić information content (AvgIpc) is 3.41. The van der Waals surface area contributed by atoms with Crippen LogP contribution in [0.4, 0.5) is 0 Å². The quantitative estimate of drug-likeness (QED) is 0.141. The Kier molecular flexibility index (Phi) is 22.0. The van der Waals surface area contributed by atoms with E-state index in [1.165, 1.54) is 44.6 Å².